The van der Waals surface area contributed by atoms with Crippen LogP contribution in [0.25, 0.3) is 5.76 Å². The Balaban J connectivity index is 1.66. The summed E-state index contributed by atoms with van der Waals surface area (Å²) >= 11 is 0. The number of carbonyl (C=O) groups excluding carboxylic acids is 2. The molecule has 2 heterocycles. The van der Waals surface area contributed by atoms with E-state index >= 15 is 0 Å². The molecular formula is C31H31NO6. The molecule has 1 amide bonds. The number of ether oxygens (including phenoxy) is 3. The number of carbonyl (C=O) groups is 2. The average molecular weight is 514 g/mol. The maximum Gasteiger partial charge on any atom is 0.300 e. The van der Waals surface area contributed by atoms with Crippen molar-refractivity contribution in [2.75, 3.05) is 18.3 Å². The van der Waals surface area contributed by atoms with Gasteiger partial charge in [0.15, 0.2) is 11.5 Å². The van der Waals surface area contributed by atoms with Gasteiger partial charge in [-0.15, -0.1) is 0 Å². The number of Topliss-reactive ketones (excluding diaryl/α,β-unsaturated/α-hetero) is 1. The van der Waals surface area contributed by atoms with Crippen molar-refractivity contribution in [3.8, 4) is 17.2 Å². The Labute approximate surface area is 222 Å². The molecule has 2 aliphatic rings. The Bertz CT molecular complexity index is 1420. The Morgan fingerprint density at radius 3 is 2.45 bits per heavy atom. The molecule has 1 unspecified atom stereocenters. The first kappa shape index (κ1) is 25.4. The lowest BCUT2D eigenvalue weighted by atomic mass is 9.85. The number of benzene rings is 3. The third kappa shape index (κ3) is 4.60. The number of hydrogen-bond donors (Lipinski definition) is 1. The van der Waals surface area contributed by atoms with Crippen molar-refractivity contribution in [3.05, 3.63) is 89.0 Å². The van der Waals surface area contributed by atoms with Gasteiger partial charge in [-0.05, 0) is 47.2 Å². The summed E-state index contributed by atoms with van der Waals surface area (Å²) in [6, 6.07) is 19.0. The summed E-state index contributed by atoms with van der Waals surface area (Å²) in [4.78, 5) is 28.4. The molecule has 0 spiro atoms. The minimum absolute atomic E-state index is 0.0174. The van der Waals surface area contributed by atoms with Crippen molar-refractivity contribution in [2.24, 2.45) is 0 Å². The normalized spacial score (nSPS) is 18.2. The van der Waals surface area contributed by atoms with Crippen LogP contribution >= 0.6 is 0 Å². The van der Waals surface area contributed by atoms with Crippen molar-refractivity contribution < 1.29 is 28.9 Å². The maximum atomic E-state index is 13.5. The molecule has 1 fully saturated rings. The SMILES string of the molecule is CCCOc1cccc(/C(O)=C2\C(=O)C(=O)N(c3ccc4c(c3)OCO4)C2c2ccc(C(C)(C)C)cc2)c1. The minimum atomic E-state index is -0.843. The lowest BCUT2D eigenvalue weighted by Gasteiger charge is -2.26. The smallest absolute Gasteiger partial charge is 0.300 e. The fourth-order valence-electron chi connectivity index (χ4n) is 4.72. The molecule has 7 nitrogen and oxygen atoms in total. The second-order valence-electron chi connectivity index (χ2n) is 10.5. The van der Waals surface area contributed by atoms with Crippen molar-refractivity contribution >= 4 is 23.1 Å². The van der Waals surface area contributed by atoms with Crippen LogP contribution in [0.15, 0.2) is 72.3 Å². The zero-order chi connectivity index (χ0) is 27.0. The topological polar surface area (TPSA) is 85.3 Å². The molecule has 0 radical (unpaired) electrons. The Hall–Kier alpha value is -4.26. The molecule has 1 saturated heterocycles. The predicted octanol–water partition coefficient (Wildman–Crippen LogP) is 6.13. The molecule has 0 aromatic heterocycles. The van der Waals surface area contributed by atoms with Gasteiger partial charge < -0.3 is 19.3 Å². The Morgan fingerprint density at radius 1 is 1.00 bits per heavy atom. The Kier molecular flexibility index (Phi) is 6.61. The Morgan fingerprint density at radius 2 is 1.74 bits per heavy atom. The molecule has 38 heavy (non-hydrogen) atoms. The van der Waals surface area contributed by atoms with Crippen LogP contribution < -0.4 is 19.1 Å². The number of hydrogen-bond acceptors (Lipinski definition) is 6. The van der Waals surface area contributed by atoms with Crippen molar-refractivity contribution in [1.82, 2.24) is 0 Å². The maximum absolute atomic E-state index is 13.5. The van der Waals surface area contributed by atoms with Gasteiger partial charge in [0, 0.05) is 17.3 Å². The van der Waals surface area contributed by atoms with E-state index in [0.717, 1.165) is 12.0 Å². The second kappa shape index (κ2) is 9.89. The largest absolute Gasteiger partial charge is 0.507 e. The number of ketones is 1. The van der Waals surface area contributed by atoms with Crippen LogP contribution in [-0.4, -0.2) is 30.2 Å². The summed E-state index contributed by atoms with van der Waals surface area (Å²) in [5, 5.41) is 11.5. The van der Waals surface area contributed by atoms with Gasteiger partial charge in [-0.3, -0.25) is 14.5 Å². The molecule has 0 aliphatic carbocycles. The molecule has 1 atom stereocenters. The lowest BCUT2D eigenvalue weighted by Crippen LogP contribution is -2.29. The number of fused-ring (bicyclic) bond motifs is 1. The highest BCUT2D eigenvalue weighted by Gasteiger charge is 2.47. The van der Waals surface area contributed by atoms with Crippen molar-refractivity contribution in [1.29, 1.82) is 0 Å². The standard InChI is InChI=1S/C31H31NO6/c1-5-15-36-23-8-6-7-20(16-23)28(33)26-27(19-9-11-21(12-10-19)31(2,3)4)32(30(35)29(26)34)22-13-14-24-25(17-22)38-18-37-24/h6-14,16-17,27,33H,5,15,18H2,1-4H3/b28-26+. The third-order valence-corrected chi connectivity index (χ3v) is 6.75. The van der Waals surface area contributed by atoms with E-state index in [1.807, 2.05) is 31.2 Å². The first-order valence-electron chi connectivity index (χ1n) is 12.7. The van der Waals surface area contributed by atoms with Crippen LogP contribution in [0.4, 0.5) is 5.69 Å². The van der Waals surface area contributed by atoms with Crippen LogP contribution in [0.2, 0.25) is 0 Å². The monoisotopic (exact) mass is 513 g/mol. The molecule has 3 aromatic carbocycles. The highest BCUT2D eigenvalue weighted by molar-refractivity contribution is 6.51. The average Bonchev–Trinajstić information content (AvgIpc) is 3.48. The number of amides is 1. The summed E-state index contributed by atoms with van der Waals surface area (Å²) in [7, 11) is 0. The summed E-state index contributed by atoms with van der Waals surface area (Å²) in [6.07, 6.45) is 0.835. The molecule has 1 N–H and O–H groups in total. The fraction of sp³-hybridized carbons (Fsp3) is 0.290. The summed E-state index contributed by atoms with van der Waals surface area (Å²) in [5.41, 5.74) is 2.64. The van der Waals surface area contributed by atoms with Crippen LogP contribution in [0.1, 0.15) is 56.8 Å². The van der Waals surface area contributed by atoms with Gasteiger partial charge in [-0.1, -0.05) is 64.1 Å². The van der Waals surface area contributed by atoms with Gasteiger partial charge in [-0.2, -0.15) is 0 Å². The van der Waals surface area contributed by atoms with Gasteiger partial charge in [-0.25, -0.2) is 0 Å². The molecule has 196 valence electrons. The molecule has 5 rings (SSSR count). The second-order valence-corrected chi connectivity index (χ2v) is 10.5. The summed E-state index contributed by atoms with van der Waals surface area (Å²) in [5.74, 6) is -0.101. The summed E-state index contributed by atoms with van der Waals surface area (Å²) < 4.78 is 16.7. The van der Waals surface area contributed by atoms with Gasteiger partial charge in [0.2, 0.25) is 6.79 Å². The molecular weight excluding hydrogens is 482 g/mol. The lowest BCUT2D eigenvalue weighted by molar-refractivity contribution is -0.132. The van der Waals surface area contributed by atoms with Gasteiger partial charge in [0.25, 0.3) is 11.7 Å². The van der Waals surface area contributed by atoms with Crippen LogP contribution in [0, 0.1) is 0 Å². The van der Waals surface area contributed by atoms with E-state index in [9.17, 15) is 14.7 Å². The molecule has 3 aromatic rings. The fourth-order valence-corrected chi connectivity index (χ4v) is 4.72. The number of rotatable bonds is 6. The highest BCUT2D eigenvalue weighted by Crippen LogP contribution is 2.45. The van der Waals surface area contributed by atoms with E-state index in [2.05, 4.69) is 20.8 Å². The number of nitrogens with zero attached hydrogens (tertiary/aromatic N) is 1. The molecule has 0 bridgehead atoms. The highest BCUT2D eigenvalue weighted by atomic mass is 16.7. The van der Waals surface area contributed by atoms with Crippen molar-refractivity contribution in [3.63, 3.8) is 0 Å². The van der Waals surface area contributed by atoms with Crippen LogP contribution in [0.3, 0.4) is 0 Å². The zero-order valence-corrected chi connectivity index (χ0v) is 22.0. The molecule has 0 saturated carbocycles. The molecule has 2 aliphatic heterocycles. The first-order chi connectivity index (χ1) is 18.2. The quantitative estimate of drug-likeness (QED) is 0.243. The van der Waals surface area contributed by atoms with E-state index in [-0.39, 0.29) is 23.5 Å². The van der Waals surface area contributed by atoms with Gasteiger partial charge in [0.1, 0.15) is 11.5 Å². The van der Waals surface area contributed by atoms with Gasteiger partial charge in [0.05, 0.1) is 18.2 Å². The van der Waals surface area contributed by atoms with E-state index in [0.29, 0.717) is 40.7 Å². The first-order valence-corrected chi connectivity index (χ1v) is 12.7. The van der Waals surface area contributed by atoms with E-state index in [4.69, 9.17) is 14.2 Å². The van der Waals surface area contributed by atoms with E-state index < -0.39 is 17.7 Å². The number of aliphatic hydroxyl groups is 1. The summed E-state index contributed by atoms with van der Waals surface area (Å²) in [6.45, 7) is 8.98. The van der Waals surface area contributed by atoms with Crippen molar-refractivity contribution in [2.45, 2.75) is 45.6 Å². The molecule has 7 heteroatoms. The predicted molar refractivity (Wildman–Crippen MR) is 145 cm³/mol. The van der Waals surface area contributed by atoms with E-state index in [1.165, 1.54) is 4.90 Å². The van der Waals surface area contributed by atoms with Gasteiger partial charge >= 0.3 is 0 Å². The number of anilines is 1. The third-order valence-electron chi connectivity index (χ3n) is 6.75. The van der Waals surface area contributed by atoms with E-state index in [1.54, 1.807) is 42.5 Å². The van der Waals surface area contributed by atoms with Crippen LogP contribution in [-0.2, 0) is 15.0 Å². The minimum Gasteiger partial charge on any atom is -0.507 e. The van der Waals surface area contributed by atoms with Crippen LogP contribution in [0.5, 0.6) is 17.2 Å². The zero-order valence-electron chi connectivity index (χ0n) is 22.0. The number of aliphatic hydroxyl groups excluding tert-OH is 1.